The first-order valence-corrected chi connectivity index (χ1v) is 9.05. The van der Waals surface area contributed by atoms with Crippen LogP contribution >= 0.6 is 24.0 Å². The van der Waals surface area contributed by atoms with Gasteiger partial charge in [0.25, 0.3) is 5.91 Å². The van der Waals surface area contributed by atoms with Gasteiger partial charge in [0.15, 0.2) is 0 Å². The number of carbonyl (C=O) groups is 2. The average molecular weight is 380 g/mol. The van der Waals surface area contributed by atoms with Crippen molar-refractivity contribution in [1.29, 1.82) is 0 Å². The SMILES string of the molecule is O=C([O-])[C@H](c1ccccc1)N1C(=O)/C(=C\C=C\c2ccccc2)SC1=S. The van der Waals surface area contributed by atoms with Crippen molar-refractivity contribution in [1.82, 2.24) is 4.90 Å². The minimum absolute atomic E-state index is 0.201. The molecule has 0 aliphatic carbocycles. The summed E-state index contributed by atoms with van der Waals surface area (Å²) in [6, 6.07) is 16.9. The number of thioether (sulfide) groups is 1. The molecule has 2 aromatic rings. The van der Waals surface area contributed by atoms with Gasteiger partial charge in [-0.3, -0.25) is 9.69 Å². The number of thiocarbonyl (C=S) groups is 1. The molecule has 4 nitrogen and oxygen atoms in total. The molecule has 2 aromatic carbocycles. The lowest BCUT2D eigenvalue weighted by Gasteiger charge is -2.27. The Morgan fingerprint density at radius 3 is 2.31 bits per heavy atom. The Morgan fingerprint density at radius 1 is 1.08 bits per heavy atom. The number of carboxylic acids is 1. The molecular formula is C20H14NO3S2-. The molecule has 3 rings (SSSR count). The van der Waals surface area contributed by atoms with E-state index in [0.717, 1.165) is 22.2 Å². The van der Waals surface area contributed by atoms with Crippen molar-refractivity contribution in [3.63, 3.8) is 0 Å². The number of allylic oxidation sites excluding steroid dienone is 2. The second-order valence-electron chi connectivity index (χ2n) is 5.48. The van der Waals surface area contributed by atoms with E-state index in [-0.39, 0.29) is 4.32 Å². The van der Waals surface area contributed by atoms with Crippen LogP contribution in [0.2, 0.25) is 0 Å². The highest BCUT2D eigenvalue weighted by molar-refractivity contribution is 8.26. The Labute approximate surface area is 160 Å². The van der Waals surface area contributed by atoms with Gasteiger partial charge in [0.05, 0.1) is 10.9 Å². The van der Waals surface area contributed by atoms with Crippen LogP contribution < -0.4 is 5.11 Å². The fourth-order valence-corrected chi connectivity index (χ4v) is 3.82. The number of nitrogens with zero attached hydrogens (tertiary/aromatic N) is 1. The second kappa shape index (κ2) is 8.12. The van der Waals surface area contributed by atoms with Crippen molar-refractivity contribution in [3.05, 3.63) is 88.8 Å². The standard InChI is InChI=1S/C20H15NO3S2/c22-18-16(13-7-10-14-8-3-1-4-9-14)26-20(25)21(18)17(19(23)24)15-11-5-2-6-12-15/h1-13,17H,(H,23,24)/p-1/b10-7+,16-13+/t17-/m0/s1. The average Bonchev–Trinajstić information content (AvgIpc) is 2.91. The van der Waals surface area contributed by atoms with E-state index < -0.39 is 17.9 Å². The molecule has 1 atom stereocenters. The number of carbonyl (C=O) groups excluding carboxylic acids is 2. The quantitative estimate of drug-likeness (QED) is 0.590. The molecule has 1 saturated heterocycles. The van der Waals surface area contributed by atoms with E-state index in [1.54, 1.807) is 42.5 Å². The zero-order chi connectivity index (χ0) is 18.5. The summed E-state index contributed by atoms with van der Waals surface area (Å²) < 4.78 is 0.201. The topological polar surface area (TPSA) is 60.4 Å². The van der Waals surface area contributed by atoms with Gasteiger partial charge >= 0.3 is 0 Å². The normalized spacial score (nSPS) is 17.2. The van der Waals surface area contributed by atoms with E-state index in [0.29, 0.717) is 10.5 Å². The molecule has 0 radical (unpaired) electrons. The number of carboxylic acid groups (broad SMARTS) is 1. The van der Waals surface area contributed by atoms with Gasteiger partial charge in [0.2, 0.25) is 0 Å². The van der Waals surface area contributed by atoms with Crippen LogP contribution in [-0.4, -0.2) is 21.1 Å². The molecule has 1 aliphatic rings. The smallest absolute Gasteiger partial charge is 0.267 e. The molecule has 0 bridgehead atoms. The van der Waals surface area contributed by atoms with Crippen molar-refractivity contribution in [2.45, 2.75) is 6.04 Å². The Kier molecular flexibility index (Phi) is 5.65. The van der Waals surface area contributed by atoms with Gasteiger partial charge in [0, 0.05) is 0 Å². The fraction of sp³-hybridized carbons (Fsp3) is 0.0500. The largest absolute Gasteiger partial charge is 0.547 e. The number of rotatable bonds is 5. The summed E-state index contributed by atoms with van der Waals surface area (Å²) in [7, 11) is 0. The van der Waals surface area contributed by atoms with Crippen LogP contribution in [-0.2, 0) is 9.59 Å². The zero-order valence-electron chi connectivity index (χ0n) is 13.6. The van der Waals surface area contributed by atoms with E-state index in [9.17, 15) is 14.7 Å². The number of hydrogen-bond donors (Lipinski definition) is 0. The lowest BCUT2D eigenvalue weighted by molar-refractivity contribution is -0.310. The van der Waals surface area contributed by atoms with Gasteiger partial charge in [-0.15, -0.1) is 0 Å². The van der Waals surface area contributed by atoms with Crippen LogP contribution in [0.1, 0.15) is 17.2 Å². The Hall–Kier alpha value is -2.70. The summed E-state index contributed by atoms with van der Waals surface area (Å²) in [5, 5.41) is 11.7. The molecule has 0 spiro atoms. The van der Waals surface area contributed by atoms with E-state index in [2.05, 4.69) is 0 Å². The van der Waals surface area contributed by atoms with Crippen LogP contribution in [0.25, 0.3) is 6.08 Å². The Balaban J connectivity index is 1.85. The summed E-state index contributed by atoms with van der Waals surface area (Å²) in [6.45, 7) is 0. The molecular weight excluding hydrogens is 366 g/mol. The third-order valence-corrected chi connectivity index (χ3v) is 5.10. The summed E-state index contributed by atoms with van der Waals surface area (Å²) in [4.78, 5) is 25.9. The molecule has 0 saturated carbocycles. The molecule has 26 heavy (non-hydrogen) atoms. The van der Waals surface area contributed by atoms with Crippen molar-refractivity contribution in [3.8, 4) is 0 Å². The minimum atomic E-state index is -1.37. The second-order valence-corrected chi connectivity index (χ2v) is 7.15. The fourth-order valence-electron chi connectivity index (χ4n) is 2.55. The van der Waals surface area contributed by atoms with Crippen LogP contribution in [0.5, 0.6) is 0 Å². The summed E-state index contributed by atoms with van der Waals surface area (Å²) >= 11 is 6.33. The predicted octanol–water partition coefficient (Wildman–Crippen LogP) is 2.94. The zero-order valence-corrected chi connectivity index (χ0v) is 15.2. The number of hydrogen-bond acceptors (Lipinski definition) is 5. The highest BCUT2D eigenvalue weighted by Crippen LogP contribution is 2.37. The van der Waals surface area contributed by atoms with Gasteiger partial charge in [-0.25, -0.2) is 0 Å². The van der Waals surface area contributed by atoms with Crippen LogP contribution in [0.4, 0.5) is 0 Å². The van der Waals surface area contributed by atoms with Crippen LogP contribution in [0, 0.1) is 0 Å². The summed E-state index contributed by atoms with van der Waals surface area (Å²) in [5.74, 6) is -1.80. The first kappa shape index (κ1) is 18.1. The highest BCUT2D eigenvalue weighted by Gasteiger charge is 2.38. The molecule has 1 fully saturated rings. The van der Waals surface area contributed by atoms with Gasteiger partial charge < -0.3 is 9.90 Å². The van der Waals surface area contributed by atoms with E-state index in [1.165, 1.54) is 0 Å². The first-order valence-electron chi connectivity index (χ1n) is 7.82. The maximum absolute atomic E-state index is 12.7. The van der Waals surface area contributed by atoms with Crippen molar-refractivity contribution in [2.24, 2.45) is 0 Å². The van der Waals surface area contributed by atoms with Gasteiger partial charge in [-0.1, -0.05) is 96.8 Å². The summed E-state index contributed by atoms with van der Waals surface area (Å²) in [5.41, 5.74) is 1.45. The van der Waals surface area contributed by atoms with Crippen molar-refractivity contribution < 1.29 is 14.7 Å². The van der Waals surface area contributed by atoms with Gasteiger partial charge in [-0.2, -0.15) is 0 Å². The highest BCUT2D eigenvalue weighted by atomic mass is 32.2. The molecule has 130 valence electrons. The van der Waals surface area contributed by atoms with Crippen LogP contribution in [0.3, 0.4) is 0 Å². The van der Waals surface area contributed by atoms with E-state index in [1.807, 2.05) is 36.4 Å². The maximum Gasteiger partial charge on any atom is 0.267 e. The van der Waals surface area contributed by atoms with Gasteiger partial charge in [-0.05, 0) is 17.2 Å². The number of aliphatic carboxylic acids is 1. The molecule has 0 N–H and O–H groups in total. The van der Waals surface area contributed by atoms with Crippen molar-refractivity contribution >= 4 is 46.3 Å². The maximum atomic E-state index is 12.7. The number of benzene rings is 2. The molecule has 1 aliphatic heterocycles. The van der Waals surface area contributed by atoms with Gasteiger partial charge in [0.1, 0.15) is 10.4 Å². The third kappa shape index (κ3) is 3.92. The predicted molar refractivity (Wildman–Crippen MR) is 105 cm³/mol. The van der Waals surface area contributed by atoms with E-state index in [4.69, 9.17) is 12.2 Å². The lowest BCUT2D eigenvalue weighted by Crippen LogP contribution is -2.43. The van der Waals surface area contributed by atoms with Crippen molar-refractivity contribution in [2.75, 3.05) is 0 Å². The summed E-state index contributed by atoms with van der Waals surface area (Å²) in [6.07, 6.45) is 5.25. The first-order chi connectivity index (χ1) is 12.6. The van der Waals surface area contributed by atoms with E-state index >= 15 is 0 Å². The molecule has 6 heteroatoms. The molecule has 0 aromatic heterocycles. The monoisotopic (exact) mass is 380 g/mol. The lowest BCUT2D eigenvalue weighted by atomic mass is 10.1. The molecule has 1 heterocycles. The molecule has 1 amide bonds. The minimum Gasteiger partial charge on any atom is -0.547 e. The number of amides is 1. The Morgan fingerprint density at radius 2 is 1.69 bits per heavy atom. The molecule has 0 unspecified atom stereocenters. The Bertz CT molecular complexity index is 892. The van der Waals surface area contributed by atoms with Crippen LogP contribution in [0.15, 0.2) is 77.7 Å². The third-order valence-electron chi connectivity index (χ3n) is 3.76.